The van der Waals surface area contributed by atoms with E-state index in [1.54, 1.807) is 6.92 Å². The van der Waals surface area contributed by atoms with Gasteiger partial charge in [0.05, 0.1) is 6.61 Å². The van der Waals surface area contributed by atoms with E-state index in [0.717, 1.165) is 11.3 Å². The smallest absolute Gasteiger partial charge is 0.133 e. The number of carbonyl (C=O) groups is 1. The molecule has 0 spiro atoms. The van der Waals surface area contributed by atoms with Gasteiger partial charge in [0.2, 0.25) is 0 Å². The third-order valence-corrected chi connectivity index (χ3v) is 2.05. The monoisotopic (exact) mass is 208 g/mol. The van der Waals surface area contributed by atoms with E-state index in [4.69, 9.17) is 9.84 Å². The van der Waals surface area contributed by atoms with E-state index in [9.17, 15) is 4.79 Å². The summed E-state index contributed by atoms with van der Waals surface area (Å²) in [6.07, 6.45) is 1.10. The molecule has 3 nitrogen and oxygen atoms in total. The molecule has 1 aromatic carbocycles. The summed E-state index contributed by atoms with van der Waals surface area (Å²) in [5.41, 5.74) is 1.08. The minimum Gasteiger partial charge on any atom is -0.493 e. The van der Waals surface area contributed by atoms with E-state index in [-0.39, 0.29) is 12.4 Å². The third kappa shape index (κ3) is 4.61. The van der Waals surface area contributed by atoms with E-state index in [1.807, 2.05) is 24.3 Å². The first-order valence-corrected chi connectivity index (χ1v) is 5.04. The van der Waals surface area contributed by atoms with Crippen LogP contribution in [0.1, 0.15) is 18.9 Å². The molecule has 0 fully saturated rings. The molecule has 0 aliphatic rings. The molecular weight excluding hydrogens is 192 g/mol. The lowest BCUT2D eigenvalue weighted by molar-refractivity contribution is -0.117. The summed E-state index contributed by atoms with van der Waals surface area (Å²) < 4.78 is 5.37. The van der Waals surface area contributed by atoms with Crippen LogP contribution in [0.3, 0.4) is 0 Å². The summed E-state index contributed by atoms with van der Waals surface area (Å²) >= 11 is 0. The first kappa shape index (κ1) is 11.7. The maximum absolute atomic E-state index is 10.7. The second kappa shape index (κ2) is 6.19. The van der Waals surface area contributed by atoms with Crippen molar-refractivity contribution in [2.45, 2.75) is 19.8 Å². The molecule has 0 aliphatic heterocycles. The number of benzene rings is 1. The fraction of sp³-hybridized carbons (Fsp3) is 0.417. The molecule has 0 aromatic heterocycles. The Morgan fingerprint density at radius 2 is 2.00 bits per heavy atom. The van der Waals surface area contributed by atoms with Crippen molar-refractivity contribution in [3.8, 4) is 5.75 Å². The summed E-state index contributed by atoms with van der Waals surface area (Å²) in [6.45, 7) is 2.13. The van der Waals surface area contributed by atoms with Gasteiger partial charge in [0.1, 0.15) is 11.5 Å². The second-order valence-corrected chi connectivity index (χ2v) is 3.42. The van der Waals surface area contributed by atoms with E-state index >= 15 is 0 Å². The van der Waals surface area contributed by atoms with Crippen LogP contribution < -0.4 is 4.74 Å². The molecule has 0 amide bonds. The van der Waals surface area contributed by atoms with Crippen LogP contribution in [0, 0.1) is 0 Å². The third-order valence-electron chi connectivity index (χ3n) is 2.05. The van der Waals surface area contributed by atoms with Crippen LogP contribution >= 0.6 is 0 Å². The Labute approximate surface area is 89.7 Å². The summed E-state index contributed by atoms with van der Waals surface area (Å²) in [5.74, 6) is 0.893. The normalized spacial score (nSPS) is 10.0. The van der Waals surface area contributed by atoms with Gasteiger partial charge in [0.15, 0.2) is 0 Å². The Balaban J connectivity index is 2.39. The van der Waals surface area contributed by atoms with Crippen molar-refractivity contribution in [1.82, 2.24) is 0 Å². The number of hydrogen-bond donors (Lipinski definition) is 1. The maximum Gasteiger partial charge on any atom is 0.133 e. The van der Waals surface area contributed by atoms with Crippen molar-refractivity contribution < 1.29 is 14.6 Å². The van der Waals surface area contributed by atoms with Gasteiger partial charge in [-0.3, -0.25) is 4.79 Å². The Kier molecular flexibility index (Phi) is 4.84. The minimum atomic E-state index is 0.131. The highest BCUT2D eigenvalue weighted by atomic mass is 16.5. The molecule has 0 heterocycles. The number of Topliss-reactive ketones (excluding diaryl/α,β-unsaturated/α-hetero) is 1. The van der Waals surface area contributed by atoms with Crippen molar-refractivity contribution in [2.75, 3.05) is 13.2 Å². The molecule has 0 bridgehead atoms. The number of hydrogen-bond acceptors (Lipinski definition) is 3. The Bertz CT molecular complexity index is 303. The van der Waals surface area contributed by atoms with Crippen LogP contribution in [0.15, 0.2) is 24.3 Å². The van der Waals surface area contributed by atoms with Crippen molar-refractivity contribution >= 4 is 5.78 Å². The minimum absolute atomic E-state index is 0.131. The van der Waals surface area contributed by atoms with E-state index in [0.29, 0.717) is 19.4 Å². The molecule has 1 aromatic rings. The SMILES string of the molecule is CC(=O)CCOc1ccc(CCO)cc1. The number of ketones is 1. The van der Waals surface area contributed by atoms with Crippen molar-refractivity contribution in [3.05, 3.63) is 29.8 Å². The zero-order chi connectivity index (χ0) is 11.1. The summed E-state index contributed by atoms with van der Waals surface area (Å²) in [5, 5.41) is 8.72. The van der Waals surface area contributed by atoms with Crippen molar-refractivity contribution in [2.24, 2.45) is 0 Å². The molecule has 0 saturated carbocycles. The predicted octanol–water partition coefficient (Wildman–Crippen LogP) is 1.58. The molecule has 0 unspecified atom stereocenters. The van der Waals surface area contributed by atoms with Crippen LogP contribution in [0.4, 0.5) is 0 Å². The first-order valence-electron chi connectivity index (χ1n) is 5.04. The van der Waals surface area contributed by atoms with Gasteiger partial charge >= 0.3 is 0 Å². The van der Waals surface area contributed by atoms with Gasteiger partial charge in [0, 0.05) is 13.0 Å². The highest BCUT2D eigenvalue weighted by Gasteiger charge is 1.97. The van der Waals surface area contributed by atoms with Crippen LogP contribution in [0.25, 0.3) is 0 Å². The fourth-order valence-corrected chi connectivity index (χ4v) is 1.19. The number of rotatable bonds is 6. The Hall–Kier alpha value is -1.35. The number of carbonyl (C=O) groups excluding carboxylic acids is 1. The maximum atomic E-state index is 10.7. The van der Waals surface area contributed by atoms with Gasteiger partial charge in [-0.2, -0.15) is 0 Å². The van der Waals surface area contributed by atoms with Gasteiger partial charge in [-0.1, -0.05) is 12.1 Å². The van der Waals surface area contributed by atoms with Crippen LogP contribution in [0.5, 0.6) is 5.75 Å². The van der Waals surface area contributed by atoms with Gasteiger partial charge in [0.25, 0.3) is 0 Å². The van der Waals surface area contributed by atoms with Crippen LogP contribution in [0.2, 0.25) is 0 Å². The zero-order valence-corrected chi connectivity index (χ0v) is 8.90. The highest BCUT2D eigenvalue weighted by Crippen LogP contribution is 2.12. The Morgan fingerprint density at radius 3 is 2.53 bits per heavy atom. The van der Waals surface area contributed by atoms with Gasteiger partial charge in [-0.15, -0.1) is 0 Å². The largest absolute Gasteiger partial charge is 0.493 e. The van der Waals surface area contributed by atoms with Gasteiger partial charge < -0.3 is 9.84 Å². The molecule has 1 N–H and O–H groups in total. The lowest BCUT2D eigenvalue weighted by atomic mass is 10.1. The number of aliphatic hydroxyl groups excluding tert-OH is 1. The number of aliphatic hydroxyl groups is 1. The van der Waals surface area contributed by atoms with Gasteiger partial charge in [-0.05, 0) is 31.0 Å². The quantitative estimate of drug-likeness (QED) is 0.772. The molecule has 0 radical (unpaired) electrons. The summed E-state index contributed by atoms with van der Waals surface area (Å²) in [6, 6.07) is 7.54. The molecule has 15 heavy (non-hydrogen) atoms. The van der Waals surface area contributed by atoms with Crippen molar-refractivity contribution in [3.63, 3.8) is 0 Å². The molecule has 1 rings (SSSR count). The topological polar surface area (TPSA) is 46.5 Å². The Morgan fingerprint density at radius 1 is 1.33 bits per heavy atom. The molecule has 3 heteroatoms. The second-order valence-electron chi connectivity index (χ2n) is 3.42. The lowest BCUT2D eigenvalue weighted by Crippen LogP contribution is -2.02. The average Bonchev–Trinajstić information content (AvgIpc) is 2.20. The summed E-state index contributed by atoms with van der Waals surface area (Å²) in [4.78, 5) is 10.7. The zero-order valence-electron chi connectivity index (χ0n) is 8.90. The standard InChI is InChI=1S/C12H16O3/c1-10(14)7-9-15-12-4-2-11(3-5-12)6-8-13/h2-5,13H,6-9H2,1H3. The predicted molar refractivity (Wildman–Crippen MR) is 58.0 cm³/mol. The molecule has 0 atom stereocenters. The first-order chi connectivity index (χ1) is 7.22. The number of ether oxygens (including phenoxy) is 1. The fourth-order valence-electron chi connectivity index (χ4n) is 1.19. The van der Waals surface area contributed by atoms with E-state index < -0.39 is 0 Å². The summed E-state index contributed by atoms with van der Waals surface area (Å²) in [7, 11) is 0. The van der Waals surface area contributed by atoms with E-state index in [1.165, 1.54) is 0 Å². The molecule has 82 valence electrons. The van der Waals surface area contributed by atoms with Crippen LogP contribution in [-0.2, 0) is 11.2 Å². The molecular formula is C12H16O3. The average molecular weight is 208 g/mol. The molecule has 0 saturated heterocycles. The highest BCUT2D eigenvalue weighted by molar-refractivity contribution is 5.75. The molecule has 0 aliphatic carbocycles. The van der Waals surface area contributed by atoms with Crippen molar-refractivity contribution in [1.29, 1.82) is 0 Å². The van der Waals surface area contributed by atoms with E-state index in [2.05, 4.69) is 0 Å². The van der Waals surface area contributed by atoms with Crippen LogP contribution in [-0.4, -0.2) is 24.1 Å². The lowest BCUT2D eigenvalue weighted by Gasteiger charge is -2.05. The van der Waals surface area contributed by atoms with Gasteiger partial charge in [-0.25, -0.2) is 0 Å².